The van der Waals surface area contributed by atoms with Gasteiger partial charge in [0.2, 0.25) is 5.91 Å². The van der Waals surface area contributed by atoms with Crippen molar-refractivity contribution in [1.82, 2.24) is 10.2 Å². The number of aryl methyl sites for hydroxylation is 1. The molecule has 1 N–H and O–H groups in total. The third kappa shape index (κ3) is 3.29. The van der Waals surface area contributed by atoms with Crippen LogP contribution < -0.4 is 5.32 Å². The van der Waals surface area contributed by atoms with E-state index in [-0.39, 0.29) is 12.1 Å². The number of amides is 1. The van der Waals surface area contributed by atoms with E-state index in [1.165, 1.54) is 30.4 Å². The van der Waals surface area contributed by atoms with Gasteiger partial charge in [0.1, 0.15) is 0 Å². The fourth-order valence-electron chi connectivity index (χ4n) is 4.07. The number of hydrogen-bond acceptors (Lipinski definition) is 3. The van der Waals surface area contributed by atoms with Crippen LogP contribution in [0.15, 0.2) is 24.3 Å². The SMILES string of the molecule is O=C(CC1COCCN1)N(C1CC1)C1CCCc2ccccc21. The number of carbonyl (C=O) groups is 1. The quantitative estimate of drug-likeness (QED) is 0.928. The average molecular weight is 314 g/mol. The zero-order chi connectivity index (χ0) is 15.6. The Labute approximate surface area is 138 Å². The lowest BCUT2D eigenvalue weighted by molar-refractivity contribution is -0.136. The molecule has 0 radical (unpaired) electrons. The molecule has 4 heteroatoms. The lowest BCUT2D eigenvalue weighted by Crippen LogP contribution is -2.46. The predicted molar refractivity (Wildman–Crippen MR) is 89.2 cm³/mol. The van der Waals surface area contributed by atoms with Crippen molar-refractivity contribution in [1.29, 1.82) is 0 Å². The molecule has 1 heterocycles. The van der Waals surface area contributed by atoms with Gasteiger partial charge in [-0.3, -0.25) is 4.79 Å². The van der Waals surface area contributed by atoms with Gasteiger partial charge >= 0.3 is 0 Å². The molecule has 23 heavy (non-hydrogen) atoms. The van der Waals surface area contributed by atoms with Gasteiger partial charge in [0, 0.05) is 25.0 Å². The highest BCUT2D eigenvalue weighted by Gasteiger charge is 2.39. The Morgan fingerprint density at radius 2 is 2.13 bits per heavy atom. The molecular formula is C19H26N2O2. The van der Waals surface area contributed by atoms with Gasteiger partial charge in [0.15, 0.2) is 0 Å². The Balaban J connectivity index is 1.53. The normalized spacial score (nSPS) is 27.3. The third-order valence-electron chi connectivity index (χ3n) is 5.32. The first-order chi connectivity index (χ1) is 11.3. The van der Waals surface area contributed by atoms with Gasteiger partial charge in [0.25, 0.3) is 0 Å². The van der Waals surface area contributed by atoms with Crippen LogP contribution in [0.4, 0.5) is 0 Å². The highest BCUT2D eigenvalue weighted by molar-refractivity contribution is 5.78. The molecule has 0 spiro atoms. The molecular weight excluding hydrogens is 288 g/mol. The van der Waals surface area contributed by atoms with E-state index in [0.29, 0.717) is 25.0 Å². The van der Waals surface area contributed by atoms with E-state index in [1.54, 1.807) is 0 Å². The number of nitrogens with zero attached hydrogens (tertiary/aromatic N) is 1. The Bertz CT molecular complexity index is 564. The summed E-state index contributed by atoms with van der Waals surface area (Å²) in [5.41, 5.74) is 2.81. The number of fused-ring (bicyclic) bond motifs is 1. The van der Waals surface area contributed by atoms with E-state index in [0.717, 1.165) is 26.0 Å². The average Bonchev–Trinajstić information content (AvgIpc) is 3.41. The molecule has 1 aromatic carbocycles. The molecule has 124 valence electrons. The van der Waals surface area contributed by atoms with Crippen LogP contribution in [-0.2, 0) is 16.0 Å². The molecule has 2 aliphatic carbocycles. The zero-order valence-electron chi connectivity index (χ0n) is 13.7. The third-order valence-corrected chi connectivity index (χ3v) is 5.32. The van der Waals surface area contributed by atoms with E-state index >= 15 is 0 Å². The summed E-state index contributed by atoms with van der Waals surface area (Å²) in [7, 11) is 0. The monoisotopic (exact) mass is 314 g/mol. The van der Waals surface area contributed by atoms with Crippen LogP contribution >= 0.6 is 0 Å². The summed E-state index contributed by atoms with van der Waals surface area (Å²) in [6.45, 7) is 2.27. The number of rotatable bonds is 4. The van der Waals surface area contributed by atoms with Gasteiger partial charge in [-0.05, 0) is 43.2 Å². The summed E-state index contributed by atoms with van der Waals surface area (Å²) in [5.74, 6) is 0.303. The summed E-state index contributed by atoms with van der Waals surface area (Å²) in [5, 5.41) is 3.41. The van der Waals surface area contributed by atoms with Crippen molar-refractivity contribution in [3.8, 4) is 0 Å². The summed E-state index contributed by atoms with van der Waals surface area (Å²) in [6.07, 6.45) is 6.33. The van der Waals surface area contributed by atoms with Crippen molar-refractivity contribution in [3.05, 3.63) is 35.4 Å². The Hall–Kier alpha value is -1.39. The highest BCUT2D eigenvalue weighted by atomic mass is 16.5. The molecule has 0 bridgehead atoms. The zero-order valence-corrected chi connectivity index (χ0v) is 13.7. The summed E-state index contributed by atoms with van der Waals surface area (Å²) < 4.78 is 5.51. The molecule has 1 aliphatic heterocycles. The van der Waals surface area contributed by atoms with Crippen LogP contribution in [0, 0.1) is 0 Å². The molecule has 1 aromatic rings. The van der Waals surface area contributed by atoms with Gasteiger partial charge in [-0.25, -0.2) is 0 Å². The second-order valence-electron chi connectivity index (χ2n) is 7.07. The molecule has 3 aliphatic rings. The smallest absolute Gasteiger partial charge is 0.224 e. The van der Waals surface area contributed by atoms with Gasteiger partial charge in [-0.15, -0.1) is 0 Å². The largest absolute Gasteiger partial charge is 0.378 e. The first-order valence-corrected chi connectivity index (χ1v) is 9.03. The second kappa shape index (κ2) is 6.62. The Morgan fingerprint density at radius 1 is 1.26 bits per heavy atom. The standard InChI is InChI=1S/C19H26N2O2/c22-19(12-15-13-23-11-10-20-15)21(16-8-9-16)18-7-3-5-14-4-1-2-6-17(14)18/h1-2,4,6,15-16,18,20H,3,5,7-13H2. The van der Waals surface area contributed by atoms with E-state index in [2.05, 4.69) is 34.5 Å². The van der Waals surface area contributed by atoms with Crippen LogP contribution in [-0.4, -0.2) is 42.6 Å². The topological polar surface area (TPSA) is 41.6 Å². The molecule has 1 amide bonds. The van der Waals surface area contributed by atoms with Crippen LogP contribution in [0.3, 0.4) is 0 Å². The van der Waals surface area contributed by atoms with Crippen molar-refractivity contribution in [2.24, 2.45) is 0 Å². The number of nitrogens with one attached hydrogen (secondary N) is 1. The van der Waals surface area contributed by atoms with E-state index in [4.69, 9.17) is 4.74 Å². The number of benzene rings is 1. The van der Waals surface area contributed by atoms with E-state index in [9.17, 15) is 4.79 Å². The van der Waals surface area contributed by atoms with Crippen LogP contribution in [0.2, 0.25) is 0 Å². The molecule has 4 nitrogen and oxygen atoms in total. The van der Waals surface area contributed by atoms with Crippen LogP contribution in [0.1, 0.15) is 49.3 Å². The summed E-state index contributed by atoms with van der Waals surface area (Å²) >= 11 is 0. The van der Waals surface area contributed by atoms with Crippen molar-refractivity contribution >= 4 is 5.91 Å². The van der Waals surface area contributed by atoms with Gasteiger partial charge < -0.3 is 15.0 Å². The Kier molecular flexibility index (Phi) is 4.36. The maximum Gasteiger partial charge on any atom is 0.224 e. The van der Waals surface area contributed by atoms with Gasteiger partial charge in [-0.2, -0.15) is 0 Å². The molecule has 0 aromatic heterocycles. The Morgan fingerprint density at radius 3 is 2.91 bits per heavy atom. The van der Waals surface area contributed by atoms with E-state index < -0.39 is 0 Å². The fourth-order valence-corrected chi connectivity index (χ4v) is 4.07. The van der Waals surface area contributed by atoms with Gasteiger partial charge in [0.05, 0.1) is 19.3 Å². The minimum Gasteiger partial charge on any atom is -0.378 e. The fraction of sp³-hybridized carbons (Fsp3) is 0.632. The van der Waals surface area contributed by atoms with Crippen molar-refractivity contribution < 1.29 is 9.53 Å². The number of morpholine rings is 1. The molecule has 2 fully saturated rings. The highest BCUT2D eigenvalue weighted by Crippen LogP contribution is 2.41. The minimum atomic E-state index is 0.177. The summed E-state index contributed by atoms with van der Waals surface area (Å²) in [6, 6.07) is 9.61. The van der Waals surface area contributed by atoms with Crippen molar-refractivity contribution in [2.45, 2.75) is 56.7 Å². The first kappa shape index (κ1) is 15.2. The van der Waals surface area contributed by atoms with Crippen LogP contribution in [0.25, 0.3) is 0 Å². The predicted octanol–water partition coefficient (Wildman–Crippen LogP) is 2.43. The minimum absolute atomic E-state index is 0.177. The molecule has 2 unspecified atom stereocenters. The molecule has 2 atom stereocenters. The van der Waals surface area contributed by atoms with Crippen LogP contribution in [0.5, 0.6) is 0 Å². The maximum atomic E-state index is 13.0. The second-order valence-corrected chi connectivity index (χ2v) is 7.07. The maximum absolute atomic E-state index is 13.0. The first-order valence-electron chi connectivity index (χ1n) is 9.03. The lowest BCUT2D eigenvalue weighted by Gasteiger charge is -2.37. The number of ether oxygens (including phenoxy) is 1. The summed E-state index contributed by atoms with van der Waals surface area (Å²) in [4.78, 5) is 15.2. The number of hydrogen-bond donors (Lipinski definition) is 1. The molecule has 1 saturated heterocycles. The van der Waals surface area contributed by atoms with E-state index in [1.807, 2.05) is 0 Å². The van der Waals surface area contributed by atoms with Crippen molar-refractivity contribution in [3.63, 3.8) is 0 Å². The lowest BCUT2D eigenvalue weighted by atomic mass is 9.86. The molecule has 4 rings (SSSR count). The van der Waals surface area contributed by atoms with Gasteiger partial charge in [-0.1, -0.05) is 24.3 Å². The number of carbonyl (C=O) groups excluding carboxylic acids is 1. The van der Waals surface area contributed by atoms with Crippen molar-refractivity contribution in [2.75, 3.05) is 19.8 Å². The molecule has 1 saturated carbocycles.